The maximum absolute atomic E-state index is 11.7. The molecule has 0 spiro atoms. The highest BCUT2D eigenvalue weighted by molar-refractivity contribution is 8.65. The Kier molecular flexibility index (Phi) is 4.67. The lowest BCUT2D eigenvalue weighted by Crippen LogP contribution is -2.19. The molecule has 0 saturated carbocycles. The minimum atomic E-state index is -4.61. The third-order valence-corrected chi connectivity index (χ3v) is 6.35. The van der Waals surface area contributed by atoms with E-state index in [1.807, 2.05) is 6.92 Å². The van der Waals surface area contributed by atoms with Crippen LogP contribution in [-0.4, -0.2) is 23.4 Å². The minimum absolute atomic E-state index is 0.120. The van der Waals surface area contributed by atoms with E-state index in [0.717, 1.165) is 6.42 Å². The van der Waals surface area contributed by atoms with Crippen molar-refractivity contribution in [1.82, 2.24) is 0 Å². The van der Waals surface area contributed by atoms with Crippen LogP contribution in [0.5, 0.6) is 0 Å². The molecule has 1 aromatic carbocycles. The fourth-order valence-corrected chi connectivity index (χ4v) is 3.87. The summed E-state index contributed by atoms with van der Waals surface area (Å²) >= 11 is 0. The first-order valence-electron chi connectivity index (χ1n) is 5.11. The van der Waals surface area contributed by atoms with E-state index in [2.05, 4.69) is 4.18 Å². The zero-order valence-corrected chi connectivity index (χ0v) is 11.0. The molecular formula is C10H14O5S2. The van der Waals surface area contributed by atoms with Gasteiger partial charge in [0.2, 0.25) is 0 Å². The average molecular weight is 278 g/mol. The van der Waals surface area contributed by atoms with Gasteiger partial charge in [-0.25, -0.2) is 8.42 Å². The van der Waals surface area contributed by atoms with Gasteiger partial charge in [-0.1, -0.05) is 31.5 Å². The molecule has 5 nitrogen and oxygen atoms in total. The van der Waals surface area contributed by atoms with E-state index in [4.69, 9.17) is 0 Å². The van der Waals surface area contributed by atoms with Gasteiger partial charge in [0.15, 0.2) is 0 Å². The van der Waals surface area contributed by atoms with Gasteiger partial charge in [0, 0.05) is 0 Å². The molecule has 0 atom stereocenters. The lowest BCUT2D eigenvalue weighted by molar-refractivity contribution is 0.319. The number of unbranched alkanes of at least 4 members (excludes halogenated alkanes) is 1. The highest BCUT2D eigenvalue weighted by Crippen LogP contribution is 2.18. The summed E-state index contributed by atoms with van der Waals surface area (Å²) in [7, 11) is -9.08. The summed E-state index contributed by atoms with van der Waals surface area (Å²) < 4.78 is 51.0. The van der Waals surface area contributed by atoms with Gasteiger partial charge in [0.05, 0.1) is 11.5 Å². The molecule has 0 aliphatic carbocycles. The maximum Gasteiger partial charge on any atom is 0.379 e. The fourth-order valence-electron chi connectivity index (χ4n) is 1.07. The molecule has 1 rings (SSSR count). The van der Waals surface area contributed by atoms with Crippen LogP contribution in [0.4, 0.5) is 0 Å². The molecule has 0 heterocycles. The number of benzene rings is 1. The van der Waals surface area contributed by atoms with Crippen LogP contribution in [0.3, 0.4) is 0 Å². The predicted octanol–water partition coefficient (Wildman–Crippen LogP) is 1.52. The Morgan fingerprint density at radius 1 is 1.06 bits per heavy atom. The molecule has 0 N–H and O–H groups in total. The van der Waals surface area contributed by atoms with Crippen molar-refractivity contribution in [1.29, 1.82) is 0 Å². The van der Waals surface area contributed by atoms with E-state index < -0.39 is 18.0 Å². The van der Waals surface area contributed by atoms with E-state index in [0.29, 0.717) is 6.42 Å². The van der Waals surface area contributed by atoms with Crippen LogP contribution in [0.2, 0.25) is 0 Å². The Balaban J connectivity index is 2.99. The monoisotopic (exact) mass is 278 g/mol. The van der Waals surface area contributed by atoms with Crippen LogP contribution in [0.1, 0.15) is 19.8 Å². The first kappa shape index (κ1) is 14.1. The van der Waals surface area contributed by atoms with E-state index >= 15 is 0 Å². The summed E-state index contributed by atoms with van der Waals surface area (Å²) in [6.45, 7) is 1.73. The molecule has 0 radical (unpaired) electrons. The van der Waals surface area contributed by atoms with Crippen molar-refractivity contribution >= 4 is 18.0 Å². The summed E-state index contributed by atoms with van der Waals surface area (Å²) in [6.07, 6.45) is 1.21. The molecule has 0 amide bonds. The highest BCUT2D eigenvalue weighted by atomic mass is 33.2. The van der Waals surface area contributed by atoms with Crippen molar-refractivity contribution in [2.24, 2.45) is 0 Å². The molecule has 17 heavy (non-hydrogen) atoms. The Morgan fingerprint density at radius 2 is 1.65 bits per heavy atom. The van der Waals surface area contributed by atoms with Crippen LogP contribution in [0, 0.1) is 0 Å². The lowest BCUT2D eigenvalue weighted by Gasteiger charge is -2.05. The molecule has 7 heteroatoms. The second-order valence-electron chi connectivity index (χ2n) is 3.35. The van der Waals surface area contributed by atoms with Crippen LogP contribution >= 0.6 is 0 Å². The Labute approximate surface area is 101 Å². The van der Waals surface area contributed by atoms with Gasteiger partial charge in [0.25, 0.3) is 0 Å². The summed E-state index contributed by atoms with van der Waals surface area (Å²) in [4.78, 5) is -0.281. The molecular weight excluding hydrogens is 264 g/mol. The van der Waals surface area contributed by atoms with Gasteiger partial charge in [0.1, 0.15) is 0 Å². The van der Waals surface area contributed by atoms with E-state index in [1.165, 1.54) is 24.3 Å². The van der Waals surface area contributed by atoms with Crippen molar-refractivity contribution in [3.63, 3.8) is 0 Å². The van der Waals surface area contributed by atoms with Crippen LogP contribution < -0.4 is 0 Å². The van der Waals surface area contributed by atoms with Gasteiger partial charge in [-0.05, 0) is 18.6 Å². The predicted molar refractivity (Wildman–Crippen MR) is 63.4 cm³/mol. The minimum Gasteiger partial charge on any atom is -0.258 e. The van der Waals surface area contributed by atoms with E-state index in [1.54, 1.807) is 6.07 Å². The molecule has 0 saturated heterocycles. The second kappa shape index (κ2) is 5.61. The topological polar surface area (TPSA) is 77.5 Å². The smallest absolute Gasteiger partial charge is 0.258 e. The van der Waals surface area contributed by atoms with Crippen molar-refractivity contribution in [3.05, 3.63) is 30.3 Å². The lowest BCUT2D eigenvalue weighted by atomic mass is 10.4. The van der Waals surface area contributed by atoms with Gasteiger partial charge >= 0.3 is 18.0 Å². The SMILES string of the molecule is CCCCOS(=O)(=O)S(=O)(=O)c1ccccc1. The summed E-state index contributed by atoms with van der Waals surface area (Å²) in [5.74, 6) is 0. The first-order chi connectivity index (χ1) is 7.92. The van der Waals surface area contributed by atoms with Crippen molar-refractivity contribution in [2.75, 3.05) is 6.61 Å². The summed E-state index contributed by atoms with van der Waals surface area (Å²) in [5.41, 5.74) is 0. The third-order valence-electron chi connectivity index (χ3n) is 2.03. The zero-order chi connectivity index (χ0) is 12.9. The van der Waals surface area contributed by atoms with Crippen molar-refractivity contribution in [2.45, 2.75) is 24.7 Å². The number of hydrogen-bond donors (Lipinski definition) is 0. The Bertz CT molecular complexity index is 546. The normalized spacial score (nSPS) is 12.5. The molecule has 0 aromatic heterocycles. The molecule has 0 fully saturated rings. The van der Waals surface area contributed by atoms with E-state index in [9.17, 15) is 16.8 Å². The quantitative estimate of drug-likeness (QED) is 0.582. The molecule has 0 unspecified atom stereocenters. The Hall–Kier alpha value is -0.920. The van der Waals surface area contributed by atoms with Crippen LogP contribution in [0.15, 0.2) is 35.2 Å². The average Bonchev–Trinajstić information content (AvgIpc) is 2.30. The largest absolute Gasteiger partial charge is 0.379 e. The first-order valence-corrected chi connectivity index (χ1v) is 8.52. The second-order valence-corrected chi connectivity index (χ2v) is 8.32. The number of hydrogen-bond acceptors (Lipinski definition) is 5. The van der Waals surface area contributed by atoms with Crippen molar-refractivity contribution < 1.29 is 21.0 Å². The molecule has 0 aliphatic rings. The van der Waals surface area contributed by atoms with Gasteiger partial charge in [-0.15, -0.1) is 0 Å². The van der Waals surface area contributed by atoms with Crippen LogP contribution in [0.25, 0.3) is 0 Å². The number of rotatable bonds is 6. The third kappa shape index (κ3) is 3.27. The van der Waals surface area contributed by atoms with Gasteiger partial charge in [-0.2, -0.15) is 8.42 Å². The molecule has 0 aliphatic heterocycles. The van der Waals surface area contributed by atoms with Crippen molar-refractivity contribution in [3.8, 4) is 0 Å². The summed E-state index contributed by atoms with van der Waals surface area (Å²) in [5, 5.41) is 0. The zero-order valence-electron chi connectivity index (χ0n) is 9.37. The van der Waals surface area contributed by atoms with E-state index in [-0.39, 0.29) is 11.5 Å². The molecule has 1 aromatic rings. The van der Waals surface area contributed by atoms with Gasteiger partial charge < -0.3 is 0 Å². The molecule has 0 bridgehead atoms. The maximum atomic E-state index is 11.7. The van der Waals surface area contributed by atoms with Crippen LogP contribution in [-0.2, 0) is 22.2 Å². The molecule has 96 valence electrons. The van der Waals surface area contributed by atoms with Gasteiger partial charge in [-0.3, -0.25) is 4.18 Å². The fraction of sp³-hybridized carbons (Fsp3) is 0.400. The Morgan fingerprint density at radius 3 is 2.18 bits per heavy atom. The standard InChI is InChI=1S/C10H14O5S2/c1-2-3-9-15-17(13,14)16(11,12)10-7-5-4-6-8-10/h4-8H,2-3,9H2,1H3. The highest BCUT2D eigenvalue weighted by Gasteiger charge is 2.32. The summed E-state index contributed by atoms with van der Waals surface area (Å²) in [6, 6.07) is 6.94.